The molecule has 3 heterocycles. The summed E-state index contributed by atoms with van der Waals surface area (Å²) in [4.78, 5) is 29.0. The van der Waals surface area contributed by atoms with Crippen LogP contribution in [0.5, 0.6) is 34.5 Å². The van der Waals surface area contributed by atoms with Crippen LogP contribution in [0.3, 0.4) is 0 Å². The lowest BCUT2D eigenvalue weighted by Crippen LogP contribution is -2.64. The number of rotatable bonds is 14. The molecule has 14 nitrogen and oxygen atoms in total. The van der Waals surface area contributed by atoms with E-state index in [4.69, 9.17) is 23.7 Å². The Morgan fingerprint density at radius 1 is 0.875 bits per heavy atom. The largest absolute Gasteiger partial charge is 0.502 e. The van der Waals surface area contributed by atoms with Crippen LogP contribution in [0, 0.1) is 23.7 Å². The molecule has 3 fully saturated rings. The topological polar surface area (TPSA) is 189 Å². The van der Waals surface area contributed by atoms with Crippen molar-refractivity contribution in [3.63, 3.8) is 0 Å². The van der Waals surface area contributed by atoms with Crippen LogP contribution in [0.2, 0.25) is 0 Å². The van der Waals surface area contributed by atoms with Gasteiger partial charge in [0.25, 0.3) is 11.8 Å². The number of carbonyl (C=O) groups is 2. The predicted octanol–water partition coefficient (Wildman–Crippen LogP) is 8.22. The highest BCUT2D eigenvalue weighted by Crippen LogP contribution is 2.67. The number of fused-ring (bicyclic) bond motifs is 6. The lowest BCUT2D eigenvalue weighted by molar-refractivity contribution is -0.154. The molecule has 9 atom stereocenters. The predicted molar refractivity (Wildman–Crippen MR) is 269 cm³/mol. The van der Waals surface area contributed by atoms with Gasteiger partial charge >= 0.3 is 0 Å². The van der Waals surface area contributed by atoms with E-state index in [-0.39, 0.29) is 67.5 Å². The minimum absolute atomic E-state index is 0.0216. The molecule has 0 saturated heterocycles. The van der Waals surface area contributed by atoms with Crippen molar-refractivity contribution in [1.82, 2.24) is 10.2 Å². The molecule has 72 heavy (non-hydrogen) atoms. The van der Waals surface area contributed by atoms with E-state index in [1.807, 2.05) is 19.1 Å². The minimum Gasteiger partial charge on any atom is -0.502 e. The number of aliphatic hydroxyl groups is 3. The Kier molecular flexibility index (Phi) is 12.0. The van der Waals surface area contributed by atoms with Crippen molar-refractivity contribution < 1.29 is 53.7 Å². The molecule has 9 unspecified atom stereocenters. The summed E-state index contributed by atoms with van der Waals surface area (Å²) < 4.78 is 31.3. The highest BCUT2D eigenvalue weighted by Gasteiger charge is 2.63. The molecule has 0 aromatic heterocycles. The van der Waals surface area contributed by atoms with Gasteiger partial charge in [-0.15, -0.1) is 0 Å². The fourth-order valence-electron chi connectivity index (χ4n) is 15.7. The highest BCUT2D eigenvalue weighted by molar-refractivity contribution is 6.13. The normalized spacial score (nSPS) is 28.5. The molecule has 4 aromatic carbocycles. The summed E-state index contributed by atoms with van der Waals surface area (Å²) in [6, 6.07) is 15.9. The number of hydrogen-bond donors (Lipinski definition) is 6. The summed E-state index contributed by atoms with van der Waals surface area (Å²) >= 11 is 0. The number of amides is 2. The summed E-state index contributed by atoms with van der Waals surface area (Å²) in [6.45, 7) is 2.98. The molecular formula is C58H67N3O11. The van der Waals surface area contributed by atoms with Gasteiger partial charge in [0, 0.05) is 69.5 Å². The number of nitrogens with zero attached hydrogens (tertiary/aromatic N) is 1. The van der Waals surface area contributed by atoms with Crippen LogP contribution in [0.1, 0.15) is 134 Å². The molecule has 5 aliphatic carbocycles. The Labute approximate surface area is 420 Å². The molecule has 3 saturated carbocycles. The van der Waals surface area contributed by atoms with Gasteiger partial charge < -0.3 is 49.4 Å². The molecule has 0 radical (unpaired) electrons. The quantitative estimate of drug-likeness (QED) is 0.0403. The van der Waals surface area contributed by atoms with E-state index in [1.54, 1.807) is 24.1 Å². The first-order chi connectivity index (χ1) is 35.0. The molecule has 3 aliphatic heterocycles. The van der Waals surface area contributed by atoms with E-state index >= 15 is 0 Å². The number of imide groups is 1. The van der Waals surface area contributed by atoms with Gasteiger partial charge in [-0.25, -0.2) is 0 Å². The average Bonchev–Trinajstić information content (AvgIpc) is 3.75. The fourth-order valence-corrected chi connectivity index (χ4v) is 15.7. The van der Waals surface area contributed by atoms with E-state index in [1.165, 1.54) is 30.4 Å². The standard InChI is InChI=1S/C58H67N3O11/c1-4-59-30-72-45-25-43(68-2)37-14-15-38-50-42(60-56(67)53(45)52(37)50)24-44-51(38)54(65)39(29-71-44)33-22-46(69-3)55(66)47(23-33)70-28-35(27-62)58-26-34(57(18-8-5-9-19-57)61-48(63)16-17-49(61)64)20-32-13-12-31(21-41(32)58)36-10-6-7-11-40(36)58/h6-7,10-11,16-17,22-25,31-32,34-35,39,41,54,56,59-60,62,65-67H,4-5,8-9,12-15,18-21,26-30H2,1-3H3. The molecule has 0 spiro atoms. The Morgan fingerprint density at radius 2 is 1.64 bits per heavy atom. The number of benzene rings is 4. The van der Waals surface area contributed by atoms with Crippen LogP contribution in [-0.4, -0.2) is 90.0 Å². The highest BCUT2D eigenvalue weighted by atomic mass is 16.5. The number of phenols is 1. The Hall–Kier alpha value is -5.80. The Bertz CT molecular complexity index is 2840. The molecule has 380 valence electrons. The third-order valence-electron chi connectivity index (χ3n) is 18.7. The van der Waals surface area contributed by atoms with Gasteiger partial charge in [-0.1, -0.05) is 50.5 Å². The molecule has 14 heteroatoms. The van der Waals surface area contributed by atoms with Gasteiger partial charge in [0.2, 0.25) is 5.75 Å². The summed E-state index contributed by atoms with van der Waals surface area (Å²) in [5.41, 5.74) is 7.63. The summed E-state index contributed by atoms with van der Waals surface area (Å²) in [7, 11) is 3.13. The summed E-state index contributed by atoms with van der Waals surface area (Å²) in [5, 5.41) is 54.4. The van der Waals surface area contributed by atoms with E-state index in [2.05, 4.69) is 34.9 Å². The van der Waals surface area contributed by atoms with Crippen molar-refractivity contribution in [2.45, 2.75) is 119 Å². The zero-order valence-electron chi connectivity index (χ0n) is 41.5. The van der Waals surface area contributed by atoms with Crippen LogP contribution < -0.4 is 34.3 Å². The zero-order chi connectivity index (χ0) is 49.6. The maximum absolute atomic E-state index is 13.7. The number of ether oxygens (including phenoxy) is 5. The molecule has 2 amide bonds. The van der Waals surface area contributed by atoms with Crippen LogP contribution in [0.15, 0.2) is 60.7 Å². The van der Waals surface area contributed by atoms with Gasteiger partial charge in [0.15, 0.2) is 17.7 Å². The lowest BCUT2D eigenvalue weighted by atomic mass is 9.42. The number of anilines is 1. The number of hydrogen-bond acceptors (Lipinski definition) is 13. The average molecular weight is 982 g/mol. The van der Waals surface area contributed by atoms with Crippen molar-refractivity contribution in [3.05, 3.63) is 99.6 Å². The SMILES string of the molecule is CCNCOc1cc(OC)c2c3c1C(O)Nc1cc4c(c(c1-3)CC2)C(O)C(c1cc(OC)c(O)c(OCC(CO)C23CC(C5(N6C(=O)C=CC6=O)CCCCC5)CC5CCC(CC52)c2ccccc23)c1)CO4. The van der Waals surface area contributed by atoms with Crippen LogP contribution >= 0.6 is 0 Å². The summed E-state index contributed by atoms with van der Waals surface area (Å²) in [6.07, 6.45) is 11.3. The first-order valence-corrected chi connectivity index (χ1v) is 26.4. The zero-order valence-corrected chi connectivity index (χ0v) is 41.5. The second kappa shape index (κ2) is 18.3. The monoisotopic (exact) mass is 981 g/mol. The number of nitrogens with one attached hydrogen (secondary N) is 2. The molecular weight excluding hydrogens is 915 g/mol. The summed E-state index contributed by atoms with van der Waals surface area (Å²) in [5.74, 6) is 1.48. The van der Waals surface area contributed by atoms with E-state index < -0.39 is 35.1 Å². The molecule has 4 aromatic rings. The van der Waals surface area contributed by atoms with E-state index in [0.29, 0.717) is 77.3 Å². The smallest absolute Gasteiger partial charge is 0.254 e. The Morgan fingerprint density at radius 3 is 2.40 bits per heavy atom. The minimum atomic E-state index is -1.06. The number of aliphatic hydroxyl groups excluding tert-OH is 3. The molecule has 8 aliphatic rings. The van der Waals surface area contributed by atoms with Gasteiger partial charge in [0.05, 0.1) is 51.2 Å². The molecule has 6 N–H and O–H groups in total. The fraction of sp³-hybridized carbons (Fsp3) is 0.517. The molecule has 2 bridgehead atoms. The lowest BCUT2D eigenvalue weighted by Gasteiger charge is -2.64. The second-order valence-electron chi connectivity index (χ2n) is 21.7. The number of aromatic hydroxyl groups is 1. The van der Waals surface area contributed by atoms with E-state index in [9.17, 15) is 30.0 Å². The number of methoxy groups -OCH3 is 2. The second-order valence-corrected chi connectivity index (χ2v) is 21.7. The van der Waals surface area contributed by atoms with Crippen molar-refractivity contribution in [2.24, 2.45) is 23.7 Å². The van der Waals surface area contributed by atoms with Crippen molar-refractivity contribution in [1.29, 1.82) is 0 Å². The first kappa shape index (κ1) is 47.2. The van der Waals surface area contributed by atoms with Crippen LogP contribution in [-0.2, 0) is 27.8 Å². The van der Waals surface area contributed by atoms with Crippen LogP contribution in [0.4, 0.5) is 5.69 Å². The maximum atomic E-state index is 13.7. The van der Waals surface area contributed by atoms with Crippen LogP contribution in [0.25, 0.3) is 11.1 Å². The molecule has 12 rings (SSSR count). The maximum Gasteiger partial charge on any atom is 0.254 e. The van der Waals surface area contributed by atoms with Crippen molar-refractivity contribution in [3.8, 4) is 45.6 Å². The van der Waals surface area contributed by atoms with Crippen molar-refractivity contribution in [2.75, 3.05) is 52.6 Å². The van der Waals surface area contributed by atoms with Gasteiger partial charge in [-0.2, -0.15) is 0 Å². The van der Waals surface area contributed by atoms with E-state index in [0.717, 1.165) is 80.0 Å². The Balaban J connectivity index is 0.898. The number of carbonyl (C=O) groups excluding carboxylic acids is 2. The van der Waals surface area contributed by atoms with Gasteiger partial charge in [-0.3, -0.25) is 19.8 Å². The number of phenolic OH excluding ortho intramolecular Hbond substituents is 1. The third-order valence-corrected chi connectivity index (χ3v) is 18.7. The van der Waals surface area contributed by atoms with Crippen molar-refractivity contribution >= 4 is 17.5 Å². The van der Waals surface area contributed by atoms with Gasteiger partial charge in [0.1, 0.15) is 24.0 Å². The third kappa shape index (κ3) is 7.09. The van der Waals surface area contributed by atoms with Gasteiger partial charge in [-0.05, 0) is 122 Å². The first-order valence-electron chi connectivity index (χ1n) is 26.4.